The molecular weight excluding hydrogens is 291 g/mol. The molecule has 108 valence electrons. The zero-order valence-corrected chi connectivity index (χ0v) is 11.8. The molecule has 6 heteroatoms. The van der Waals surface area contributed by atoms with E-state index in [9.17, 15) is 14.3 Å². The summed E-state index contributed by atoms with van der Waals surface area (Å²) in [6.07, 6.45) is 0. The normalized spacial score (nSPS) is 9.81. The van der Waals surface area contributed by atoms with E-state index in [1.165, 1.54) is 11.3 Å². The number of phenols is 1. The lowest BCUT2D eigenvalue weighted by atomic mass is 10.2. The van der Waals surface area contributed by atoms with Crippen molar-refractivity contribution in [2.45, 2.75) is 6.54 Å². The van der Waals surface area contributed by atoms with E-state index in [1.54, 1.807) is 0 Å². The molecule has 4 nitrogen and oxygen atoms in total. The number of rotatable bonds is 3. The van der Waals surface area contributed by atoms with Crippen LogP contribution in [0.1, 0.15) is 20.8 Å². The first-order valence-corrected chi connectivity index (χ1v) is 7.02. The van der Waals surface area contributed by atoms with Gasteiger partial charge in [-0.1, -0.05) is 11.8 Å². The van der Waals surface area contributed by atoms with Crippen LogP contribution in [0.5, 0.6) is 5.75 Å². The first-order valence-electron chi connectivity index (χ1n) is 6.14. The Balaban J connectivity index is 2.08. The van der Waals surface area contributed by atoms with Crippen LogP contribution in [0.3, 0.4) is 0 Å². The first-order chi connectivity index (χ1) is 10.1. The molecule has 0 aliphatic heterocycles. The summed E-state index contributed by atoms with van der Waals surface area (Å²) < 4.78 is 13.1. The molecule has 4 N–H and O–H groups in total. The van der Waals surface area contributed by atoms with Gasteiger partial charge in [-0.25, -0.2) is 4.39 Å². The standard InChI is InChI=1S/C15H13FN2O2S/c16-11-3-4-13(19)12(8-11)15(20)18-9-14-10(2-1-6-17)5-7-21-14/h3-5,7-8,19H,6,9,17H2,(H,18,20). The van der Waals surface area contributed by atoms with Gasteiger partial charge < -0.3 is 16.2 Å². The molecule has 1 amide bonds. The molecule has 2 aromatic rings. The number of amides is 1. The first kappa shape index (κ1) is 15.0. The van der Waals surface area contributed by atoms with Gasteiger partial charge in [-0.2, -0.15) is 0 Å². The van der Waals surface area contributed by atoms with Crippen LogP contribution in [0, 0.1) is 17.7 Å². The Labute approximate surface area is 125 Å². The van der Waals surface area contributed by atoms with Gasteiger partial charge in [0.05, 0.1) is 18.7 Å². The summed E-state index contributed by atoms with van der Waals surface area (Å²) in [6, 6.07) is 5.07. The molecule has 2 rings (SSSR count). The number of nitrogens with two attached hydrogens (primary N) is 1. The van der Waals surface area contributed by atoms with Gasteiger partial charge in [-0.3, -0.25) is 4.79 Å². The number of hydrogen-bond donors (Lipinski definition) is 3. The maximum absolute atomic E-state index is 13.1. The van der Waals surface area contributed by atoms with E-state index in [4.69, 9.17) is 5.73 Å². The van der Waals surface area contributed by atoms with Crippen LogP contribution in [-0.4, -0.2) is 17.6 Å². The second-order valence-electron chi connectivity index (χ2n) is 4.11. The number of aromatic hydroxyl groups is 1. The van der Waals surface area contributed by atoms with E-state index in [1.807, 2.05) is 11.4 Å². The minimum Gasteiger partial charge on any atom is -0.507 e. The second kappa shape index (κ2) is 6.88. The lowest BCUT2D eigenvalue weighted by molar-refractivity contribution is 0.0948. The van der Waals surface area contributed by atoms with Crippen molar-refractivity contribution in [3.05, 3.63) is 51.5 Å². The van der Waals surface area contributed by atoms with Gasteiger partial charge in [0, 0.05) is 10.4 Å². The summed E-state index contributed by atoms with van der Waals surface area (Å²) in [5.41, 5.74) is 6.02. The van der Waals surface area contributed by atoms with E-state index in [0.29, 0.717) is 0 Å². The van der Waals surface area contributed by atoms with E-state index in [2.05, 4.69) is 17.2 Å². The molecule has 0 aliphatic carbocycles. The van der Waals surface area contributed by atoms with Gasteiger partial charge in [0.25, 0.3) is 5.91 Å². The number of thiophene rings is 1. The number of hydrogen-bond acceptors (Lipinski definition) is 4. The minimum atomic E-state index is -0.580. The third kappa shape index (κ3) is 3.81. The van der Waals surface area contributed by atoms with Crippen molar-refractivity contribution in [1.29, 1.82) is 0 Å². The Morgan fingerprint density at radius 2 is 2.24 bits per heavy atom. The van der Waals surface area contributed by atoms with Crippen LogP contribution in [0.4, 0.5) is 4.39 Å². The van der Waals surface area contributed by atoms with Gasteiger partial charge in [0.1, 0.15) is 11.6 Å². The topological polar surface area (TPSA) is 75.3 Å². The summed E-state index contributed by atoms with van der Waals surface area (Å²) in [5.74, 6) is 4.28. The predicted molar refractivity (Wildman–Crippen MR) is 79.5 cm³/mol. The van der Waals surface area contributed by atoms with Crippen LogP contribution < -0.4 is 11.1 Å². The van der Waals surface area contributed by atoms with Crippen molar-refractivity contribution in [1.82, 2.24) is 5.32 Å². The highest BCUT2D eigenvalue weighted by atomic mass is 32.1. The van der Waals surface area contributed by atoms with Crippen molar-refractivity contribution in [2.24, 2.45) is 5.73 Å². The van der Waals surface area contributed by atoms with Crippen molar-refractivity contribution in [2.75, 3.05) is 6.54 Å². The quantitative estimate of drug-likeness (QED) is 0.757. The third-order valence-electron chi connectivity index (χ3n) is 2.68. The Hall–Kier alpha value is -2.36. The zero-order chi connectivity index (χ0) is 15.2. The largest absolute Gasteiger partial charge is 0.507 e. The van der Waals surface area contributed by atoms with Gasteiger partial charge in [-0.05, 0) is 29.6 Å². The second-order valence-corrected chi connectivity index (χ2v) is 5.11. The molecular formula is C15H13FN2O2S. The van der Waals surface area contributed by atoms with Crippen molar-refractivity contribution in [3.63, 3.8) is 0 Å². The Kier molecular flexibility index (Phi) is 4.93. The fourth-order valence-electron chi connectivity index (χ4n) is 1.68. The summed E-state index contributed by atoms with van der Waals surface area (Å²) in [5, 5.41) is 14.1. The Morgan fingerprint density at radius 3 is 3.00 bits per heavy atom. The van der Waals surface area contributed by atoms with Crippen molar-refractivity contribution < 1.29 is 14.3 Å². The van der Waals surface area contributed by atoms with Crippen LogP contribution in [0.2, 0.25) is 0 Å². The number of halogens is 1. The van der Waals surface area contributed by atoms with Crippen LogP contribution in [0.15, 0.2) is 29.6 Å². The summed E-state index contributed by atoms with van der Waals surface area (Å²) in [4.78, 5) is 12.8. The fourth-order valence-corrected chi connectivity index (χ4v) is 2.45. The zero-order valence-electron chi connectivity index (χ0n) is 11.0. The smallest absolute Gasteiger partial charge is 0.255 e. The van der Waals surface area contributed by atoms with Crippen LogP contribution in [-0.2, 0) is 6.54 Å². The maximum atomic E-state index is 13.1. The van der Waals surface area contributed by atoms with Crippen LogP contribution >= 0.6 is 11.3 Å². The number of carbonyl (C=O) groups excluding carboxylic acids is 1. The van der Waals surface area contributed by atoms with E-state index >= 15 is 0 Å². The number of nitrogens with one attached hydrogen (secondary N) is 1. The van der Waals surface area contributed by atoms with Crippen molar-refractivity contribution in [3.8, 4) is 17.6 Å². The van der Waals surface area contributed by atoms with Gasteiger partial charge >= 0.3 is 0 Å². The molecule has 0 spiro atoms. The maximum Gasteiger partial charge on any atom is 0.255 e. The monoisotopic (exact) mass is 304 g/mol. The molecule has 0 aliphatic rings. The number of phenolic OH excluding ortho intramolecular Hbond substituents is 1. The highest BCUT2D eigenvalue weighted by molar-refractivity contribution is 7.10. The Morgan fingerprint density at radius 1 is 1.43 bits per heavy atom. The Bertz CT molecular complexity index is 716. The van der Waals surface area contributed by atoms with Crippen molar-refractivity contribution >= 4 is 17.2 Å². The molecule has 0 saturated heterocycles. The van der Waals surface area contributed by atoms with E-state index in [0.717, 1.165) is 28.6 Å². The number of carbonyl (C=O) groups is 1. The molecule has 0 fully saturated rings. The minimum absolute atomic E-state index is 0.0962. The summed E-state index contributed by atoms with van der Waals surface area (Å²) >= 11 is 1.45. The SMILES string of the molecule is NCC#Cc1ccsc1CNC(=O)c1cc(F)ccc1O. The molecule has 21 heavy (non-hydrogen) atoms. The van der Waals surface area contributed by atoms with Gasteiger partial charge in [0.15, 0.2) is 0 Å². The fraction of sp³-hybridized carbons (Fsp3) is 0.133. The molecule has 0 atom stereocenters. The molecule has 1 heterocycles. The predicted octanol–water partition coefficient (Wildman–Crippen LogP) is 1.83. The molecule has 1 aromatic heterocycles. The molecule has 0 bridgehead atoms. The summed E-state index contributed by atoms with van der Waals surface area (Å²) in [7, 11) is 0. The third-order valence-corrected chi connectivity index (χ3v) is 3.60. The van der Waals surface area contributed by atoms with E-state index < -0.39 is 11.7 Å². The highest BCUT2D eigenvalue weighted by Gasteiger charge is 2.12. The summed E-state index contributed by atoms with van der Waals surface area (Å²) in [6.45, 7) is 0.514. The number of benzene rings is 1. The molecule has 0 saturated carbocycles. The average Bonchev–Trinajstić information content (AvgIpc) is 2.92. The lowest BCUT2D eigenvalue weighted by Crippen LogP contribution is -2.22. The van der Waals surface area contributed by atoms with Gasteiger partial charge in [0.2, 0.25) is 0 Å². The molecule has 1 aromatic carbocycles. The highest BCUT2D eigenvalue weighted by Crippen LogP contribution is 2.19. The lowest BCUT2D eigenvalue weighted by Gasteiger charge is -2.06. The molecule has 0 radical (unpaired) electrons. The van der Waals surface area contributed by atoms with Gasteiger partial charge in [-0.15, -0.1) is 11.3 Å². The molecule has 0 unspecified atom stereocenters. The average molecular weight is 304 g/mol. The van der Waals surface area contributed by atoms with E-state index in [-0.39, 0.29) is 24.4 Å². The van der Waals surface area contributed by atoms with Crippen LogP contribution in [0.25, 0.3) is 0 Å².